The minimum Gasteiger partial charge on any atom is -0.492 e. The Bertz CT molecular complexity index is 937. The van der Waals surface area contributed by atoms with E-state index >= 15 is 0 Å². The van der Waals surface area contributed by atoms with Gasteiger partial charge in [0.1, 0.15) is 12.4 Å². The largest absolute Gasteiger partial charge is 0.492 e. The van der Waals surface area contributed by atoms with Crippen LogP contribution in [-0.4, -0.2) is 34.5 Å². The second kappa shape index (κ2) is 10.1. The molecule has 0 aliphatic rings. The number of hydrogen-bond acceptors (Lipinski definition) is 4. The molecule has 0 fully saturated rings. The van der Waals surface area contributed by atoms with Crippen LogP contribution in [0.15, 0.2) is 67.3 Å². The molecule has 1 aromatic heterocycles. The van der Waals surface area contributed by atoms with Crippen molar-refractivity contribution < 1.29 is 14.3 Å². The van der Waals surface area contributed by atoms with E-state index in [9.17, 15) is 9.59 Å². The third kappa shape index (κ3) is 6.49. The number of carbonyl (C=O) groups excluding carboxylic acids is 2. The van der Waals surface area contributed by atoms with E-state index < -0.39 is 0 Å². The van der Waals surface area contributed by atoms with E-state index in [-0.39, 0.29) is 11.8 Å². The molecule has 7 heteroatoms. The summed E-state index contributed by atoms with van der Waals surface area (Å²) in [6.45, 7) is 3.32. The Morgan fingerprint density at radius 3 is 2.72 bits per heavy atom. The van der Waals surface area contributed by atoms with Crippen LogP contribution in [0.1, 0.15) is 22.3 Å². The Morgan fingerprint density at radius 2 is 1.97 bits per heavy atom. The number of nitrogens with zero attached hydrogens (tertiary/aromatic N) is 2. The van der Waals surface area contributed by atoms with Crippen LogP contribution in [0.4, 0.5) is 5.69 Å². The number of imidazole rings is 1. The van der Waals surface area contributed by atoms with Crippen molar-refractivity contribution in [2.75, 3.05) is 18.5 Å². The summed E-state index contributed by atoms with van der Waals surface area (Å²) in [7, 11) is 0. The fraction of sp³-hybridized carbons (Fsp3) is 0.227. The highest BCUT2D eigenvalue weighted by atomic mass is 16.5. The maximum atomic E-state index is 12.3. The molecule has 29 heavy (non-hydrogen) atoms. The fourth-order valence-corrected chi connectivity index (χ4v) is 2.68. The number of aromatic nitrogens is 2. The lowest BCUT2D eigenvalue weighted by Gasteiger charge is -2.10. The van der Waals surface area contributed by atoms with Gasteiger partial charge in [0.25, 0.3) is 5.91 Å². The van der Waals surface area contributed by atoms with E-state index in [0.717, 1.165) is 5.75 Å². The molecular weight excluding hydrogens is 368 g/mol. The van der Waals surface area contributed by atoms with E-state index in [0.29, 0.717) is 37.4 Å². The zero-order valence-electron chi connectivity index (χ0n) is 16.3. The molecule has 3 rings (SSSR count). The van der Waals surface area contributed by atoms with Crippen molar-refractivity contribution in [3.8, 4) is 5.75 Å². The molecule has 2 aromatic carbocycles. The molecule has 0 aliphatic carbocycles. The number of amides is 2. The second-order valence-electron chi connectivity index (χ2n) is 6.60. The van der Waals surface area contributed by atoms with Crippen LogP contribution in [0.5, 0.6) is 5.75 Å². The van der Waals surface area contributed by atoms with Gasteiger partial charge >= 0.3 is 0 Å². The van der Waals surface area contributed by atoms with Crippen LogP contribution in [0, 0.1) is 6.92 Å². The van der Waals surface area contributed by atoms with Gasteiger partial charge in [0.05, 0.1) is 12.9 Å². The number of benzene rings is 2. The Kier molecular flexibility index (Phi) is 7.00. The van der Waals surface area contributed by atoms with Gasteiger partial charge in [-0.1, -0.05) is 23.8 Å². The lowest BCUT2D eigenvalue weighted by Crippen LogP contribution is -2.28. The lowest BCUT2D eigenvalue weighted by molar-refractivity contribution is -0.116. The Morgan fingerprint density at radius 1 is 1.14 bits per heavy atom. The first-order valence-electron chi connectivity index (χ1n) is 9.43. The number of rotatable bonds is 9. The first kappa shape index (κ1) is 20.1. The van der Waals surface area contributed by atoms with Crippen molar-refractivity contribution >= 4 is 17.5 Å². The quantitative estimate of drug-likeness (QED) is 0.548. The summed E-state index contributed by atoms with van der Waals surface area (Å²) in [5.41, 5.74) is 2.23. The molecule has 0 bridgehead atoms. The SMILES string of the molecule is Cc1ccc(OCCNC(=O)c2cccc(NC(=O)CCn3ccnc3)c2)cc1. The number of anilines is 1. The molecule has 0 atom stereocenters. The highest BCUT2D eigenvalue weighted by molar-refractivity contribution is 5.97. The minimum atomic E-state index is -0.216. The molecule has 0 aliphatic heterocycles. The van der Waals surface area contributed by atoms with Gasteiger partial charge in [-0.2, -0.15) is 0 Å². The molecule has 150 valence electrons. The molecular formula is C22H24N4O3. The van der Waals surface area contributed by atoms with E-state index in [1.54, 1.807) is 43.0 Å². The summed E-state index contributed by atoms with van der Waals surface area (Å²) in [6, 6.07) is 14.6. The summed E-state index contributed by atoms with van der Waals surface area (Å²) >= 11 is 0. The predicted molar refractivity (Wildman–Crippen MR) is 111 cm³/mol. The molecule has 0 saturated heterocycles. The van der Waals surface area contributed by atoms with Gasteiger partial charge in [-0.15, -0.1) is 0 Å². The first-order valence-corrected chi connectivity index (χ1v) is 9.43. The number of hydrogen-bond donors (Lipinski definition) is 2. The average molecular weight is 392 g/mol. The Hall–Kier alpha value is -3.61. The van der Waals surface area contributed by atoms with Crippen LogP contribution in [0.25, 0.3) is 0 Å². The van der Waals surface area contributed by atoms with E-state index in [1.165, 1.54) is 5.56 Å². The maximum Gasteiger partial charge on any atom is 0.251 e. The summed E-state index contributed by atoms with van der Waals surface area (Å²) in [5.74, 6) is 0.431. The van der Waals surface area contributed by atoms with Crippen molar-refractivity contribution in [1.82, 2.24) is 14.9 Å². The third-order valence-corrected chi connectivity index (χ3v) is 4.24. The van der Waals surface area contributed by atoms with Crippen molar-refractivity contribution in [3.63, 3.8) is 0 Å². The maximum absolute atomic E-state index is 12.3. The predicted octanol–water partition coefficient (Wildman–Crippen LogP) is 3.03. The molecule has 2 amide bonds. The molecule has 0 unspecified atom stereocenters. The molecule has 0 radical (unpaired) electrons. The fourth-order valence-electron chi connectivity index (χ4n) is 2.68. The van der Waals surface area contributed by atoms with Gasteiger partial charge in [-0.25, -0.2) is 4.98 Å². The van der Waals surface area contributed by atoms with Crippen LogP contribution < -0.4 is 15.4 Å². The standard InChI is InChI=1S/C22H24N4O3/c1-17-5-7-20(8-6-17)29-14-11-24-22(28)18-3-2-4-19(15-18)25-21(27)9-12-26-13-10-23-16-26/h2-8,10,13,15-16H,9,11-12,14H2,1H3,(H,24,28)(H,25,27). The monoisotopic (exact) mass is 392 g/mol. The van der Waals surface area contributed by atoms with Crippen LogP contribution in [0.3, 0.4) is 0 Å². The molecule has 3 aromatic rings. The topological polar surface area (TPSA) is 85.3 Å². The lowest BCUT2D eigenvalue weighted by atomic mass is 10.2. The molecule has 2 N–H and O–H groups in total. The first-order chi connectivity index (χ1) is 14.1. The summed E-state index contributed by atoms with van der Waals surface area (Å²) in [6.07, 6.45) is 5.47. The van der Waals surface area contributed by atoms with E-state index in [4.69, 9.17) is 4.74 Å². The zero-order valence-corrected chi connectivity index (χ0v) is 16.3. The van der Waals surface area contributed by atoms with Crippen LogP contribution >= 0.6 is 0 Å². The van der Waals surface area contributed by atoms with Crippen molar-refractivity contribution in [1.29, 1.82) is 0 Å². The van der Waals surface area contributed by atoms with Gasteiger partial charge in [0.2, 0.25) is 5.91 Å². The van der Waals surface area contributed by atoms with Gasteiger partial charge in [0.15, 0.2) is 0 Å². The molecule has 0 saturated carbocycles. The van der Waals surface area contributed by atoms with Crippen LogP contribution in [-0.2, 0) is 11.3 Å². The van der Waals surface area contributed by atoms with E-state index in [1.807, 2.05) is 35.8 Å². The molecule has 7 nitrogen and oxygen atoms in total. The number of ether oxygens (including phenoxy) is 1. The smallest absolute Gasteiger partial charge is 0.251 e. The van der Waals surface area contributed by atoms with Gasteiger partial charge in [-0.3, -0.25) is 9.59 Å². The second-order valence-corrected chi connectivity index (χ2v) is 6.60. The van der Waals surface area contributed by atoms with Crippen molar-refractivity contribution in [2.45, 2.75) is 19.9 Å². The normalized spacial score (nSPS) is 10.4. The van der Waals surface area contributed by atoms with Gasteiger partial charge in [-0.05, 0) is 37.3 Å². The number of aryl methyl sites for hydroxylation is 2. The Balaban J connectivity index is 1.43. The highest BCUT2D eigenvalue weighted by Crippen LogP contribution is 2.12. The molecule has 0 spiro atoms. The third-order valence-electron chi connectivity index (χ3n) is 4.24. The summed E-state index contributed by atoms with van der Waals surface area (Å²) in [4.78, 5) is 28.4. The summed E-state index contributed by atoms with van der Waals surface area (Å²) in [5, 5.41) is 5.63. The van der Waals surface area contributed by atoms with Crippen LogP contribution in [0.2, 0.25) is 0 Å². The van der Waals surface area contributed by atoms with Crippen molar-refractivity contribution in [2.24, 2.45) is 0 Å². The highest BCUT2D eigenvalue weighted by Gasteiger charge is 2.08. The Labute approximate surface area is 169 Å². The van der Waals surface area contributed by atoms with Gasteiger partial charge < -0.3 is 19.9 Å². The van der Waals surface area contributed by atoms with Crippen molar-refractivity contribution in [3.05, 3.63) is 78.4 Å². The summed E-state index contributed by atoms with van der Waals surface area (Å²) < 4.78 is 7.44. The number of nitrogens with one attached hydrogen (secondary N) is 2. The van der Waals surface area contributed by atoms with Gasteiger partial charge in [0, 0.05) is 36.6 Å². The molecule has 1 heterocycles. The zero-order chi connectivity index (χ0) is 20.5. The minimum absolute atomic E-state index is 0.122. The average Bonchev–Trinajstić information content (AvgIpc) is 3.25. The number of carbonyl (C=O) groups is 2. The van der Waals surface area contributed by atoms with E-state index in [2.05, 4.69) is 15.6 Å².